The lowest BCUT2D eigenvalue weighted by molar-refractivity contribution is 0.00446. The molecule has 2 atom stereocenters. The Bertz CT molecular complexity index is 434. The number of alkyl halides is 2. The minimum absolute atomic E-state index is 0.00108. The standard InChI is InChI=1S/C14H18ClF2N/c1-9-2-3-11(15)7-12(9)13(18)6-10-4-5-14(16,17)8-10/h2-3,7,10,13H,4-6,8,18H2,1H3. The second kappa shape index (κ2) is 5.14. The molecule has 0 amide bonds. The van der Waals surface area contributed by atoms with Gasteiger partial charge in [-0.25, -0.2) is 8.78 Å². The van der Waals surface area contributed by atoms with Crippen molar-refractivity contribution in [2.24, 2.45) is 11.7 Å². The van der Waals surface area contributed by atoms with E-state index in [2.05, 4.69) is 0 Å². The largest absolute Gasteiger partial charge is 0.324 e. The maximum absolute atomic E-state index is 13.1. The Balaban J connectivity index is 2.04. The first-order valence-electron chi connectivity index (χ1n) is 6.27. The topological polar surface area (TPSA) is 26.0 Å². The van der Waals surface area contributed by atoms with Crippen LogP contribution in [0.4, 0.5) is 8.78 Å². The molecular formula is C14H18ClF2N. The number of aryl methyl sites for hydroxylation is 1. The van der Waals surface area contributed by atoms with E-state index in [1.54, 1.807) is 0 Å². The minimum Gasteiger partial charge on any atom is -0.324 e. The highest BCUT2D eigenvalue weighted by atomic mass is 35.5. The molecule has 2 N–H and O–H groups in total. The van der Waals surface area contributed by atoms with Gasteiger partial charge >= 0.3 is 0 Å². The van der Waals surface area contributed by atoms with Crippen molar-refractivity contribution in [2.45, 2.75) is 44.6 Å². The van der Waals surface area contributed by atoms with Crippen molar-refractivity contribution in [1.82, 2.24) is 0 Å². The lowest BCUT2D eigenvalue weighted by atomic mass is 9.92. The molecule has 2 unspecified atom stereocenters. The highest BCUT2D eigenvalue weighted by Gasteiger charge is 2.39. The zero-order valence-corrected chi connectivity index (χ0v) is 11.2. The van der Waals surface area contributed by atoms with Gasteiger partial charge in [0.15, 0.2) is 0 Å². The fourth-order valence-corrected chi connectivity index (χ4v) is 2.92. The molecule has 0 saturated heterocycles. The summed E-state index contributed by atoms with van der Waals surface area (Å²) in [6, 6.07) is 5.37. The number of rotatable bonds is 3. The third-order valence-corrected chi connectivity index (χ3v) is 3.97. The molecular weight excluding hydrogens is 256 g/mol. The van der Waals surface area contributed by atoms with E-state index in [1.165, 1.54) is 0 Å². The Morgan fingerprint density at radius 1 is 1.50 bits per heavy atom. The lowest BCUT2D eigenvalue weighted by Crippen LogP contribution is -2.17. The van der Waals surface area contributed by atoms with E-state index in [0.717, 1.165) is 11.1 Å². The van der Waals surface area contributed by atoms with E-state index in [1.807, 2.05) is 25.1 Å². The van der Waals surface area contributed by atoms with E-state index in [4.69, 9.17) is 17.3 Å². The van der Waals surface area contributed by atoms with Gasteiger partial charge in [-0.2, -0.15) is 0 Å². The molecule has 100 valence electrons. The van der Waals surface area contributed by atoms with Crippen molar-refractivity contribution in [3.05, 3.63) is 34.3 Å². The summed E-state index contributed by atoms with van der Waals surface area (Å²) in [6.45, 7) is 1.97. The summed E-state index contributed by atoms with van der Waals surface area (Å²) in [5.41, 5.74) is 8.17. The average molecular weight is 274 g/mol. The van der Waals surface area contributed by atoms with Gasteiger partial charge in [0.2, 0.25) is 5.92 Å². The van der Waals surface area contributed by atoms with Crippen LogP contribution in [0.5, 0.6) is 0 Å². The number of hydrogen-bond acceptors (Lipinski definition) is 1. The number of halogens is 3. The molecule has 2 rings (SSSR count). The van der Waals surface area contributed by atoms with E-state index >= 15 is 0 Å². The Morgan fingerprint density at radius 3 is 2.83 bits per heavy atom. The lowest BCUT2D eigenvalue weighted by Gasteiger charge is -2.19. The van der Waals surface area contributed by atoms with Gasteiger partial charge in [-0.05, 0) is 48.9 Å². The first-order chi connectivity index (χ1) is 8.37. The number of benzene rings is 1. The van der Waals surface area contributed by atoms with Crippen LogP contribution in [0.15, 0.2) is 18.2 Å². The molecule has 0 aromatic heterocycles. The monoisotopic (exact) mass is 273 g/mol. The SMILES string of the molecule is Cc1ccc(Cl)cc1C(N)CC1CCC(F)(F)C1. The maximum atomic E-state index is 13.1. The van der Waals surface area contributed by atoms with Gasteiger partial charge in [0.1, 0.15) is 0 Å². The highest BCUT2D eigenvalue weighted by Crippen LogP contribution is 2.42. The van der Waals surface area contributed by atoms with Crippen molar-refractivity contribution >= 4 is 11.6 Å². The van der Waals surface area contributed by atoms with Crippen LogP contribution >= 0.6 is 11.6 Å². The summed E-state index contributed by atoms with van der Waals surface area (Å²) in [5.74, 6) is -2.47. The first-order valence-corrected chi connectivity index (χ1v) is 6.65. The van der Waals surface area contributed by atoms with E-state index < -0.39 is 5.92 Å². The van der Waals surface area contributed by atoms with Crippen molar-refractivity contribution in [3.8, 4) is 0 Å². The fraction of sp³-hybridized carbons (Fsp3) is 0.571. The molecule has 1 aliphatic carbocycles. The van der Waals surface area contributed by atoms with Crippen molar-refractivity contribution in [2.75, 3.05) is 0 Å². The number of hydrogen-bond donors (Lipinski definition) is 1. The van der Waals surface area contributed by atoms with Crippen molar-refractivity contribution in [3.63, 3.8) is 0 Å². The zero-order valence-electron chi connectivity index (χ0n) is 10.4. The first kappa shape index (κ1) is 13.8. The zero-order chi connectivity index (χ0) is 13.3. The van der Waals surface area contributed by atoms with E-state index in [9.17, 15) is 8.78 Å². The summed E-state index contributed by atoms with van der Waals surface area (Å²) >= 11 is 5.95. The van der Waals surface area contributed by atoms with Crippen LogP contribution in [0.1, 0.15) is 42.9 Å². The molecule has 1 aromatic carbocycles. The van der Waals surface area contributed by atoms with Crippen LogP contribution in [0.3, 0.4) is 0 Å². The molecule has 1 saturated carbocycles. The third kappa shape index (κ3) is 3.21. The molecule has 0 heterocycles. The van der Waals surface area contributed by atoms with Crippen molar-refractivity contribution in [1.29, 1.82) is 0 Å². The number of nitrogens with two attached hydrogens (primary N) is 1. The molecule has 0 radical (unpaired) electrons. The van der Waals surface area contributed by atoms with Gasteiger partial charge in [0.25, 0.3) is 0 Å². The molecule has 0 spiro atoms. The summed E-state index contributed by atoms with van der Waals surface area (Å²) in [6.07, 6.45) is 1.15. The maximum Gasteiger partial charge on any atom is 0.248 e. The quantitative estimate of drug-likeness (QED) is 0.864. The Morgan fingerprint density at radius 2 is 2.22 bits per heavy atom. The molecule has 1 aliphatic rings. The molecule has 0 bridgehead atoms. The predicted octanol–water partition coefficient (Wildman–Crippen LogP) is 4.47. The van der Waals surface area contributed by atoms with Gasteiger partial charge in [-0.15, -0.1) is 0 Å². The fourth-order valence-electron chi connectivity index (χ4n) is 2.74. The average Bonchev–Trinajstić information content (AvgIpc) is 2.61. The van der Waals surface area contributed by atoms with Crippen LogP contribution in [0.25, 0.3) is 0 Å². The molecule has 4 heteroatoms. The van der Waals surface area contributed by atoms with Gasteiger partial charge in [-0.1, -0.05) is 17.7 Å². The Kier molecular flexibility index (Phi) is 3.93. The van der Waals surface area contributed by atoms with Crippen LogP contribution in [-0.2, 0) is 0 Å². The van der Waals surface area contributed by atoms with E-state index in [0.29, 0.717) is 17.9 Å². The Labute approximate surface area is 111 Å². The minimum atomic E-state index is -2.49. The van der Waals surface area contributed by atoms with Crippen LogP contribution in [-0.4, -0.2) is 5.92 Å². The molecule has 0 aliphatic heterocycles. The molecule has 1 aromatic rings. The molecule has 1 nitrogen and oxygen atoms in total. The Hall–Kier alpha value is -0.670. The van der Waals surface area contributed by atoms with Gasteiger partial charge in [0, 0.05) is 23.9 Å². The second-order valence-corrected chi connectivity index (χ2v) is 5.74. The van der Waals surface area contributed by atoms with Crippen LogP contribution in [0, 0.1) is 12.8 Å². The second-order valence-electron chi connectivity index (χ2n) is 5.31. The predicted molar refractivity (Wildman–Crippen MR) is 70.0 cm³/mol. The van der Waals surface area contributed by atoms with Gasteiger partial charge in [0.05, 0.1) is 0 Å². The van der Waals surface area contributed by atoms with E-state index in [-0.39, 0.29) is 24.8 Å². The van der Waals surface area contributed by atoms with Gasteiger partial charge in [-0.3, -0.25) is 0 Å². The van der Waals surface area contributed by atoms with Crippen molar-refractivity contribution < 1.29 is 8.78 Å². The smallest absolute Gasteiger partial charge is 0.248 e. The van der Waals surface area contributed by atoms with Crippen LogP contribution < -0.4 is 5.73 Å². The highest BCUT2D eigenvalue weighted by molar-refractivity contribution is 6.30. The molecule has 1 fully saturated rings. The normalized spacial score (nSPS) is 24.2. The van der Waals surface area contributed by atoms with Crippen LogP contribution in [0.2, 0.25) is 5.02 Å². The summed E-state index contributed by atoms with van der Waals surface area (Å²) in [4.78, 5) is 0. The molecule has 18 heavy (non-hydrogen) atoms. The summed E-state index contributed by atoms with van der Waals surface area (Å²) < 4.78 is 26.3. The summed E-state index contributed by atoms with van der Waals surface area (Å²) in [5, 5.41) is 0.641. The summed E-state index contributed by atoms with van der Waals surface area (Å²) in [7, 11) is 0. The van der Waals surface area contributed by atoms with Gasteiger partial charge < -0.3 is 5.73 Å². The third-order valence-electron chi connectivity index (χ3n) is 3.73.